The van der Waals surface area contributed by atoms with Crippen LogP contribution in [-0.2, 0) is 4.74 Å². The van der Waals surface area contributed by atoms with E-state index in [4.69, 9.17) is 14.7 Å². The van der Waals surface area contributed by atoms with Crippen LogP contribution in [0.2, 0.25) is 0 Å². The van der Waals surface area contributed by atoms with Crippen molar-refractivity contribution in [3.05, 3.63) is 52.2 Å². The Morgan fingerprint density at radius 2 is 2.19 bits per heavy atom. The molecule has 7 heteroatoms. The number of rotatable bonds is 7. The molecule has 0 aliphatic heterocycles. The molecule has 0 radical (unpaired) electrons. The van der Waals surface area contributed by atoms with Gasteiger partial charge >= 0.3 is 5.97 Å². The average molecular weight is 355 g/mol. The lowest BCUT2D eigenvalue weighted by Gasteiger charge is -2.16. The molecule has 0 spiro atoms. The number of esters is 1. The Bertz CT molecular complexity index is 883. The first-order chi connectivity index (χ1) is 12.5. The number of carbonyl (C=O) groups is 1. The van der Waals surface area contributed by atoms with Crippen molar-refractivity contribution in [2.45, 2.75) is 27.2 Å². The van der Waals surface area contributed by atoms with Gasteiger partial charge in [0.1, 0.15) is 17.6 Å². The molecule has 2 rings (SSSR count). The molecule has 26 heavy (non-hydrogen) atoms. The summed E-state index contributed by atoms with van der Waals surface area (Å²) in [5.74, 6) is -0.176. The number of carbonyl (C=O) groups excluding carboxylic acids is 1. The van der Waals surface area contributed by atoms with Crippen LogP contribution < -0.4 is 10.3 Å². The van der Waals surface area contributed by atoms with E-state index in [2.05, 4.69) is 11.1 Å². The van der Waals surface area contributed by atoms with Gasteiger partial charge in [0.25, 0.3) is 5.56 Å². The number of benzene rings is 1. The van der Waals surface area contributed by atoms with Gasteiger partial charge in [0, 0.05) is 18.5 Å². The predicted octanol–water partition coefficient (Wildman–Crippen LogP) is 2.65. The molecule has 1 aromatic carbocycles. The molecule has 0 saturated carbocycles. The molecule has 1 heterocycles. The Hall–Kier alpha value is -3.14. The molecule has 0 bridgehead atoms. The van der Waals surface area contributed by atoms with E-state index in [1.165, 1.54) is 17.1 Å². The second-order valence-electron chi connectivity index (χ2n) is 5.95. The molecule has 7 nitrogen and oxygen atoms in total. The van der Waals surface area contributed by atoms with Crippen LogP contribution in [0, 0.1) is 24.2 Å². The maximum atomic E-state index is 12.7. The third-order valence-corrected chi connectivity index (χ3v) is 3.67. The van der Waals surface area contributed by atoms with E-state index < -0.39 is 11.5 Å². The number of aryl methyl sites for hydroxylation is 1. The van der Waals surface area contributed by atoms with Crippen molar-refractivity contribution in [1.82, 2.24) is 9.55 Å². The van der Waals surface area contributed by atoms with E-state index in [1.807, 2.05) is 19.9 Å². The Kier molecular flexibility index (Phi) is 6.50. The molecular weight excluding hydrogens is 334 g/mol. The van der Waals surface area contributed by atoms with Gasteiger partial charge in [-0.05, 0) is 31.5 Å². The number of hydrogen-bond donors (Lipinski definition) is 0. The summed E-state index contributed by atoms with van der Waals surface area (Å²) in [6.07, 6.45) is 2.91. The topological polar surface area (TPSA) is 94.2 Å². The summed E-state index contributed by atoms with van der Waals surface area (Å²) in [5, 5.41) is 8.77. The third-order valence-electron chi connectivity index (χ3n) is 3.67. The van der Waals surface area contributed by atoms with E-state index in [0.717, 1.165) is 5.56 Å². The molecule has 2 aromatic rings. The normalized spacial score (nSPS) is 11.5. The molecule has 0 aliphatic rings. The largest absolute Gasteiger partial charge is 0.491 e. The lowest BCUT2D eigenvalue weighted by Crippen LogP contribution is -2.27. The fourth-order valence-electron chi connectivity index (χ4n) is 2.32. The molecule has 136 valence electrons. The summed E-state index contributed by atoms with van der Waals surface area (Å²) >= 11 is 0. The molecule has 1 aromatic heterocycles. The van der Waals surface area contributed by atoms with Crippen molar-refractivity contribution in [2.24, 2.45) is 5.92 Å². The van der Waals surface area contributed by atoms with Gasteiger partial charge in [-0.25, -0.2) is 9.78 Å². The number of nitriles is 1. The second-order valence-corrected chi connectivity index (χ2v) is 5.95. The maximum absolute atomic E-state index is 12.7. The van der Waals surface area contributed by atoms with E-state index >= 15 is 0 Å². The number of nitrogens with zero attached hydrogens (tertiary/aromatic N) is 3. The van der Waals surface area contributed by atoms with Gasteiger partial charge in [0.05, 0.1) is 25.0 Å². The Morgan fingerprint density at radius 3 is 2.88 bits per heavy atom. The van der Waals surface area contributed by atoms with Crippen LogP contribution in [0.3, 0.4) is 0 Å². The van der Waals surface area contributed by atoms with Gasteiger partial charge in [0.15, 0.2) is 0 Å². The first kappa shape index (κ1) is 19.2. The Morgan fingerprint density at radius 1 is 1.42 bits per heavy atom. The zero-order chi connectivity index (χ0) is 19.1. The molecular formula is C19H21N3O4. The van der Waals surface area contributed by atoms with Crippen LogP contribution in [0.4, 0.5) is 0 Å². The molecule has 0 aliphatic carbocycles. The highest BCUT2D eigenvalue weighted by Gasteiger charge is 2.17. The summed E-state index contributed by atoms with van der Waals surface area (Å²) in [6.45, 7) is 5.99. The first-order valence-corrected chi connectivity index (χ1v) is 8.32. The molecule has 1 atom stereocenters. The van der Waals surface area contributed by atoms with E-state index in [9.17, 15) is 9.59 Å². The summed E-state index contributed by atoms with van der Waals surface area (Å²) in [7, 11) is 0. The lowest BCUT2D eigenvalue weighted by molar-refractivity contribution is 0.0523. The summed E-state index contributed by atoms with van der Waals surface area (Å²) in [4.78, 5) is 28.6. The van der Waals surface area contributed by atoms with Crippen molar-refractivity contribution in [2.75, 3.05) is 13.2 Å². The van der Waals surface area contributed by atoms with Crippen molar-refractivity contribution < 1.29 is 14.3 Å². The maximum Gasteiger partial charge on any atom is 0.345 e. The zero-order valence-electron chi connectivity index (χ0n) is 15.1. The minimum absolute atomic E-state index is 0.0501. The van der Waals surface area contributed by atoms with Gasteiger partial charge in [-0.3, -0.25) is 9.36 Å². The Labute approximate surface area is 151 Å². The highest BCUT2D eigenvalue weighted by molar-refractivity contribution is 5.88. The van der Waals surface area contributed by atoms with Crippen molar-refractivity contribution in [1.29, 1.82) is 5.26 Å². The number of aromatic nitrogens is 2. The smallest absolute Gasteiger partial charge is 0.345 e. The second kappa shape index (κ2) is 8.81. The van der Waals surface area contributed by atoms with Crippen LogP contribution in [0.15, 0.2) is 35.5 Å². The number of hydrogen-bond acceptors (Lipinski definition) is 6. The fourth-order valence-corrected chi connectivity index (χ4v) is 2.32. The molecule has 0 fully saturated rings. The van der Waals surface area contributed by atoms with Crippen LogP contribution in [0.1, 0.15) is 36.2 Å². The van der Waals surface area contributed by atoms with Gasteiger partial charge in [-0.15, -0.1) is 0 Å². The monoisotopic (exact) mass is 355 g/mol. The highest BCUT2D eigenvalue weighted by Crippen LogP contribution is 2.24. The molecule has 0 amide bonds. The Balaban J connectivity index is 2.43. The van der Waals surface area contributed by atoms with Crippen LogP contribution in [-0.4, -0.2) is 28.7 Å². The predicted molar refractivity (Wildman–Crippen MR) is 95.4 cm³/mol. The fraction of sp³-hybridized carbons (Fsp3) is 0.368. The summed E-state index contributed by atoms with van der Waals surface area (Å²) in [6, 6.07) is 7.48. The first-order valence-electron chi connectivity index (χ1n) is 8.32. The van der Waals surface area contributed by atoms with Crippen LogP contribution >= 0.6 is 0 Å². The van der Waals surface area contributed by atoms with Gasteiger partial charge < -0.3 is 9.47 Å². The molecule has 1 unspecified atom stereocenters. The molecule has 0 N–H and O–H groups in total. The lowest BCUT2D eigenvalue weighted by atomic mass is 10.1. The highest BCUT2D eigenvalue weighted by atomic mass is 16.5. The van der Waals surface area contributed by atoms with Gasteiger partial charge in [-0.1, -0.05) is 13.0 Å². The van der Waals surface area contributed by atoms with Crippen molar-refractivity contribution in [3.63, 3.8) is 0 Å². The standard InChI is InChI=1S/C19H21N3O4/c1-4-25-19(24)15-10-21-12-22(18(15)23)16-6-5-13(2)9-17(16)26-11-14(3)7-8-20/h5-6,9-10,12,14H,4,7,11H2,1-3H3. The summed E-state index contributed by atoms with van der Waals surface area (Å²) < 4.78 is 12.0. The van der Waals surface area contributed by atoms with E-state index in [-0.39, 0.29) is 18.1 Å². The summed E-state index contributed by atoms with van der Waals surface area (Å²) in [5.41, 5.74) is 0.763. The number of ether oxygens (including phenoxy) is 2. The van der Waals surface area contributed by atoms with Crippen molar-refractivity contribution in [3.8, 4) is 17.5 Å². The average Bonchev–Trinajstić information content (AvgIpc) is 2.61. The van der Waals surface area contributed by atoms with Gasteiger partial charge in [0.2, 0.25) is 0 Å². The van der Waals surface area contributed by atoms with Crippen molar-refractivity contribution >= 4 is 5.97 Å². The SMILES string of the molecule is CCOC(=O)c1cncn(-c2ccc(C)cc2OCC(C)CC#N)c1=O. The van der Waals surface area contributed by atoms with Crippen LogP contribution in [0.5, 0.6) is 5.75 Å². The third kappa shape index (κ3) is 4.48. The van der Waals surface area contributed by atoms with E-state index in [0.29, 0.717) is 24.5 Å². The van der Waals surface area contributed by atoms with Crippen LogP contribution in [0.25, 0.3) is 5.69 Å². The quantitative estimate of drug-likeness (QED) is 0.709. The van der Waals surface area contributed by atoms with Gasteiger partial charge in [-0.2, -0.15) is 5.26 Å². The zero-order valence-corrected chi connectivity index (χ0v) is 15.1. The molecule has 0 saturated heterocycles. The minimum atomic E-state index is -0.712. The van der Waals surface area contributed by atoms with E-state index in [1.54, 1.807) is 19.1 Å². The minimum Gasteiger partial charge on any atom is -0.491 e.